The van der Waals surface area contributed by atoms with E-state index in [0.29, 0.717) is 27.2 Å². The van der Waals surface area contributed by atoms with Crippen LogP contribution in [0.5, 0.6) is 0 Å². The van der Waals surface area contributed by atoms with Crippen molar-refractivity contribution < 1.29 is 0 Å². The van der Waals surface area contributed by atoms with Crippen LogP contribution in [-0.4, -0.2) is 9.13 Å². The average molecular weight is 385 g/mol. The van der Waals surface area contributed by atoms with Crippen molar-refractivity contribution in [2.75, 3.05) is 0 Å². The summed E-state index contributed by atoms with van der Waals surface area (Å²) >= 11 is 12.3. The molecule has 0 spiro atoms. The zero-order valence-corrected chi connectivity index (χ0v) is 15.6. The van der Waals surface area contributed by atoms with Gasteiger partial charge in [-0.2, -0.15) is 0 Å². The Morgan fingerprint density at radius 2 is 1.85 bits per heavy atom. The Hall–Kier alpha value is -2.74. The molecule has 2 aromatic carbocycles. The first kappa shape index (κ1) is 18.1. The molecular formula is C20H14Cl2N2O2. The predicted octanol–water partition coefficient (Wildman–Crippen LogP) is 3.92. The monoisotopic (exact) mass is 384 g/mol. The number of fused-ring (bicyclic) bond motifs is 1. The summed E-state index contributed by atoms with van der Waals surface area (Å²) in [6.45, 7) is 1.87. The van der Waals surface area contributed by atoms with Gasteiger partial charge in [-0.15, -0.1) is 0 Å². The number of hydrogen-bond acceptors (Lipinski definition) is 2. The van der Waals surface area contributed by atoms with Crippen molar-refractivity contribution in [3.8, 4) is 17.5 Å². The van der Waals surface area contributed by atoms with E-state index in [4.69, 9.17) is 23.2 Å². The van der Waals surface area contributed by atoms with Crippen molar-refractivity contribution in [3.63, 3.8) is 0 Å². The minimum atomic E-state index is -0.501. The molecule has 4 nitrogen and oxygen atoms in total. The maximum absolute atomic E-state index is 12.9. The molecule has 6 heteroatoms. The van der Waals surface area contributed by atoms with Crippen LogP contribution in [0, 0.1) is 11.8 Å². The lowest BCUT2D eigenvalue weighted by Crippen LogP contribution is -2.38. The first-order chi connectivity index (χ1) is 12.4. The Labute approximate surface area is 159 Å². The third-order valence-corrected chi connectivity index (χ3v) is 4.43. The predicted molar refractivity (Wildman–Crippen MR) is 106 cm³/mol. The van der Waals surface area contributed by atoms with E-state index in [1.165, 1.54) is 4.57 Å². The normalized spacial score (nSPS) is 10.9. The van der Waals surface area contributed by atoms with Gasteiger partial charge < -0.3 is 0 Å². The Kier molecular flexibility index (Phi) is 5.03. The Morgan fingerprint density at radius 3 is 2.54 bits per heavy atom. The van der Waals surface area contributed by atoms with Crippen molar-refractivity contribution >= 4 is 34.1 Å². The van der Waals surface area contributed by atoms with Crippen LogP contribution in [0.25, 0.3) is 16.6 Å². The summed E-state index contributed by atoms with van der Waals surface area (Å²) in [7, 11) is 1.59. The third kappa shape index (κ3) is 3.20. The van der Waals surface area contributed by atoms with Crippen molar-refractivity contribution in [2.45, 2.75) is 6.92 Å². The van der Waals surface area contributed by atoms with Gasteiger partial charge in [0.05, 0.1) is 21.6 Å². The second-order valence-electron chi connectivity index (χ2n) is 5.58. The topological polar surface area (TPSA) is 44.0 Å². The van der Waals surface area contributed by atoms with Gasteiger partial charge in [0.25, 0.3) is 5.56 Å². The second-order valence-corrected chi connectivity index (χ2v) is 6.42. The molecule has 130 valence electrons. The minimum absolute atomic E-state index is 0.268. The van der Waals surface area contributed by atoms with Crippen LogP contribution in [0.2, 0.25) is 10.0 Å². The molecule has 0 radical (unpaired) electrons. The first-order valence-electron chi connectivity index (χ1n) is 7.78. The fourth-order valence-electron chi connectivity index (χ4n) is 2.61. The second kappa shape index (κ2) is 7.25. The summed E-state index contributed by atoms with van der Waals surface area (Å²) in [6.07, 6.45) is 3.55. The summed E-state index contributed by atoms with van der Waals surface area (Å²) in [5, 5.41) is 1.10. The van der Waals surface area contributed by atoms with Crippen molar-refractivity contribution in [1.29, 1.82) is 0 Å². The van der Waals surface area contributed by atoms with Gasteiger partial charge in [0.1, 0.15) is 0 Å². The lowest BCUT2D eigenvalue weighted by atomic mass is 10.2. The highest BCUT2D eigenvalue weighted by atomic mass is 35.5. The van der Waals surface area contributed by atoms with E-state index in [0.717, 1.165) is 4.57 Å². The van der Waals surface area contributed by atoms with E-state index in [1.807, 2.05) is 13.0 Å². The fourth-order valence-corrected chi connectivity index (χ4v) is 3.04. The quantitative estimate of drug-likeness (QED) is 0.596. The van der Waals surface area contributed by atoms with E-state index >= 15 is 0 Å². The van der Waals surface area contributed by atoms with Gasteiger partial charge in [-0.25, -0.2) is 9.36 Å². The highest BCUT2D eigenvalue weighted by Gasteiger charge is 2.15. The molecule has 3 rings (SSSR count). The van der Waals surface area contributed by atoms with Crippen molar-refractivity contribution in [3.05, 3.63) is 85.0 Å². The summed E-state index contributed by atoms with van der Waals surface area (Å²) in [6, 6.07) is 9.77. The Bertz CT molecular complexity index is 1220. The highest BCUT2D eigenvalue weighted by Crippen LogP contribution is 2.21. The first-order valence-corrected chi connectivity index (χ1v) is 8.53. The number of aryl methyl sites for hydroxylation is 1. The molecule has 0 atom stereocenters. The van der Waals surface area contributed by atoms with Gasteiger partial charge in [-0.1, -0.05) is 41.1 Å². The van der Waals surface area contributed by atoms with Crippen molar-refractivity contribution in [1.82, 2.24) is 9.13 Å². The Morgan fingerprint density at radius 1 is 1.08 bits per heavy atom. The SMILES string of the molecule is C/C=C/C#Cc1ccc(-n2c(=O)c3ccc(Cl)cc3n(C)c2=O)c(Cl)c1. The number of allylic oxidation sites excluding steroid dienone is 2. The zero-order valence-electron chi connectivity index (χ0n) is 14.1. The van der Waals surface area contributed by atoms with E-state index in [9.17, 15) is 9.59 Å². The molecule has 1 aromatic heterocycles. The van der Waals surface area contributed by atoms with Gasteiger partial charge in [0, 0.05) is 17.6 Å². The third-order valence-electron chi connectivity index (χ3n) is 3.89. The number of hydrogen-bond donors (Lipinski definition) is 0. The molecule has 0 saturated heterocycles. The molecule has 0 fully saturated rings. The highest BCUT2D eigenvalue weighted by molar-refractivity contribution is 6.32. The molecular weight excluding hydrogens is 371 g/mol. The number of rotatable bonds is 1. The largest absolute Gasteiger partial charge is 0.335 e. The number of benzene rings is 2. The van der Waals surface area contributed by atoms with E-state index in [2.05, 4.69) is 11.8 Å². The van der Waals surface area contributed by atoms with Gasteiger partial charge >= 0.3 is 5.69 Å². The standard InChI is InChI=1S/C20H14Cl2N2O2/c1-3-4-5-6-13-7-10-17(16(22)11-13)24-19(25)15-9-8-14(21)12-18(15)23(2)20(24)26/h3-4,7-12H,1-2H3/b4-3+. The molecule has 0 saturated carbocycles. The molecule has 0 aliphatic heterocycles. The van der Waals surface area contributed by atoms with Crippen molar-refractivity contribution in [2.24, 2.45) is 7.05 Å². The van der Waals surface area contributed by atoms with E-state index in [-0.39, 0.29) is 5.02 Å². The molecule has 0 unspecified atom stereocenters. The van der Waals surface area contributed by atoms with Crippen LogP contribution in [0.4, 0.5) is 0 Å². The number of halogens is 2. The van der Waals surface area contributed by atoms with E-state index < -0.39 is 11.2 Å². The summed E-state index contributed by atoms with van der Waals surface area (Å²) in [5.74, 6) is 5.80. The van der Waals surface area contributed by atoms with Crippen LogP contribution in [0.1, 0.15) is 12.5 Å². The average Bonchev–Trinajstić information content (AvgIpc) is 2.62. The molecule has 0 aliphatic carbocycles. The van der Waals surface area contributed by atoms with Gasteiger partial charge in [0.2, 0.25) is 0 Å². The van der Waals surface area contributed by atoms with E-state index in [1.54, 1.807) is 49.5 Å². The molecule has 3 aromatic rings. The smallest absolute Gasteiger partial charge is 0.296 e. The van der Waals surface area contributed by atoms with Gasteiger partial charge in [-0.3, -0.25) is 9.36 Å². The molecule has 0 bridgehead atoms. The van der Waals surface area contributed by atoms with Crippen LogP contribution >= 0.6 is 23.2 Å². The van der Waals surface area contributed by atoms with Gasteiger partial charge in [-0.05, 0) is 49.4 Å². The Balaban J connectivity index is 2.27. The molecule has 0 aliphatic rings. The summed E-state index contributed by atoms with van der Waals surface area (Å²) in [5.41, 5.74) is 0.516. The zero-order chi connectivity index (χ0) is 18.8. The molecule has 26 heavy (non-hydrogen) atoms. The maximum atomic E-state index is 12.9. The minimum Gasteiger partial charge on any atom is -0.296 e. The maximum Gasteiger partial charge on any atom is 0.335 e. The van der Waals surface area contributed by atoms with Crippen LogP contribution in [0.15, 0.2) is 58.1 Å². The lowest BCUT2D eigenvalue weighted by Gasteiger charge is -2.12. The van der Waals surface area contributed by atoms with Gasteiger partial charge in [0.15, 0.2) is 0 Å². The van der Waals surface area contributed by atoms with Crippen LogP contribution in [-0.2, 0) is 7.05 Å². The van der Waals surface area contributed by atoms with Crippen LogP contribution in [0.3, 0.4) is 0 Å². The molecule has 0 amide bonds. The summed E-state index contributed by atoms with van der Waals surface area (Å²) < 4.78 is 2.43. The van der Waals surface area contributed by atoms with Crippen LogP contribution < -0.4 is 11.2 Å². The molecule has 0 N–H and O–H groups in total. The molecule has 1 heterocycles. The number of aromatic nitrogens is 2. The lowest BCUT2D eigenvalue weighted by molar-refractivity contribution is 0.774. The summed E-state index contributed by atoms with van der Waals surface area (Å²) in [4.78, 5) is 25.6. The fraction of sp³-hybridized carbons (Fsp3) is 0.100. The number of nitrogens with zero attached hydrogens (tertiary/aromatic N) is 2.